The van der Waals surface area contributed by atoms with Crippen LogP contribution in [0.5, 0.6) is 0 Å². The number of nitro groups is 1. The molecule has 4 N–H and O–H groups in total. The highest BCUT2D eigenvalue weighted by atomic mass is 32.2. The fourth-order valence-electron chi connectivity index (χ4n) is 1.04. The molecule has 1 aromatic heterocycles. The highest BCUT2D eigenvalue weighted by Crippen LogP contribution is 2.19. The number of primary sulfonamides is 1. The smallest absolute Gasteiger partial charge is 0.366 e. The highest BCUT2D eigenvalue weighted by Gasteiger charge is 2.13. The summed E-state index contributed by atoms with van der Waals surface area (Å²) in [6, 6.07) is 0. The molecule has 0 bridgehead atoms. The van der Waals surface area contributed by atoms with Crippen LogP contribution in [0.2, 0.25) is 0 Å². The number of nitrogens with two attached hydrogens (primary N) is 1. The largest absolute Gasteiger partial charge is 0.377 e. The number of aromatic amines is 1. The summed E-state index contributed by atoms with van der Waals surface area (Å²) in [6.45, 7) is 0.261. The minimum Gasteiger partial charge on any atom is -0.377 e. The molecule has 0 saturated heterocycles. The second-order valence-corrected chi connectivity index (χ2v) is 4.77. The first-order chi connectivity index (χ1) is 7.40. The third-order valence-corrected chi connectivity index (χ3v) is 2.58. The van der Waals surface area contributed by atoms with E-state index in [1.54, 1.807) is 0 Å². The van der Waals surface area contributed by atoms with E-state index in [0.717, 1.165) is 0 Å². The van der Waals surface area contributed by atoms with Crippen molar-refractivity contribution in [2.75, 3.05) is 17.6 Å². The molecule has 0 amide bonds. The van der Waals surface area contributed by atoms with Crippen molar-refractivity contribution in [1.82, 2.24) is 10.2 Å². The van der Waals surface area contributed by atoms with E-state index in [2.05, 4.69) is 15.5 Å². The topological polar surface area (TPSA) is 144 Å². The van der Waals surface area contributed by atoms with Gasteiger partial charge in [0.1, 0.15) is 6.20 Å². The van der Waals surface area contributed by atoms with Crippen molar-refractivity contribution in [1.29, 1.82) is 0 Å². The molecule has 0 radical (unpaired) electrons. The third-order valence-electron chi connectivity index (χ3n) is 1.72. The molecule has 0 aliphatic carbocycles. The number of rotatable bonds is 6. The second kappa shape index (κ2) is 4.90. The Bertz CT molecular complexity index is 467. The Morgan fingerprint density at radius 3 is 2.88 bits per heavy atom. The predicted molar refractivity (Wildman–Crippen MR) is 56.3 cm³/mol. The van der Waals surface area contributed by atoms with Crippen LogP contribution >= 0.6 is 0 Å². The summed E-state index contributed by atoms with van der Waals surface area (Å²) in [5.41, 5.74) is 0.222. The van der Waals surface area contributed by atoms with Gasteiger partial charge in [0.05, 0.1) is 5.75 Å². The Morgan fingerprint density at radius 2 is 2.31 bits per heavy atom. The molecular weight excluding hydrogens is 238 g/mol. The highest BCUT2D eigenvalue weighted by molar-refractivity contribution is 7.89. The fourth-order valence-corrected chi connectivity index (χ4v) is 1.59. The number of sulfonamides is 1. The molecule has 16 heavy (non-hydrogen) atoms. The molecule has 1 rings (SSSR count). The van der Waals surface area contributed by atoms with Crippen LogP contribution in [-0.2, 0) is 10.0 Å². The summed E-state index contributed by atoms with van der Waals surface area (Å²) in [5.74, 6) is -0.429. The van der Waals surface area contributed by atoms with Gasteiger partial charge in [0.15, 0.2) is 5.69 Å². The molecule has 0 aromatic carbocycles. The summed E-state index contributed by atoms with van der Waals surface area (Å²) in [7, 11) is -3.49. The first kappa shape index (κ1) is 12.4. The van der Waals surface area contributed by atoms with Crippen molar-refractivity contribution in [2.24, 2.45) is 5.14 Å². The number of hydrogen-bond donors (Lipinski definition) is 3. The molecule has 0 aliphatic rings. The Balaban J connectivity index is 2.43. The van der Waals surface area contributed by atoms with Crippen LogP contribution in [0.4, 0.5) is 11.5 Å². The van der Waals surface area contributed by atoms with Gasteiger partial charge in [0.2, 0.25) is 10.0 Å². The van der Waals surface area contributed by atoms with Crippen molar-refractivity contribution in [3.63, 3.8) is 0 Å². The van der Waals surface area contributed by atoms with Crippen LogP contribution in [0.25, 0.3) is 0 Å². The van der Waals surface area contributed by atoms with E-state index >= 15 is 0 Å². The van der Waals surface area contributed by atoms with Crippen molar-refractivity contribution in [3.8, 4) is 0 Å². The van der Waals surface area contributed by atoms with Crippen LogP contribution < -0.4 is 10.5 Å². The first-order valence-electron chi connectivity index (χ1n) is 4.32. The molecule has 1 heterocycles. The molecule has 0 aliphatic heterocycles. The quantitative estimate of drug-likeness (QED) is 0.349. The standard InChI is InChI=1S/C6H11N5O4S/c7-16(14,15)3-1-2-8-5-4-9-10-6(5)11(12)13/h4,8H,1-3H2,(H,9,10)(H2,7,14,15). The first-order valence-corrected chi connectivity index (χ1v) is 6.04. The average Bonchev–Trinajstić information content (AvgIpc) is 2.58. The van der Waals surface area contributed by atoms with E-state index in [1.807, 2.05) is 0 Å². The maximum atomic E-state index is 10.6. The van der Waals surface area contributed by atoms with Crippen molar-refractivity contribution in [2.45, 2.75) is 6.42 Å². The lowest BCUT2D eigenvalue weighted by Crippen LogP contribution is -2.18. The van der Waals surface area contributed by atoms with E-state index < -0.39 is 14.9 Å². The lowest BCUT2D eigenvalue weighted by atomic mass is 10.4. The Hall–Kier alpha value is -1.68. The monoisotopic (exact) mass is 249 g/mol. The van der Waals surface area contributed by atoms with E-state index in [4.69, 9.17) is 5.14 Å². The van der Waals surface area contributed by atoms with Crippen molar-refractivity contribution >= 4 is 21.5 Å². The maximum Gasteiger partial charge on any atom is 0.366 e. The van der Waals surface area contributed by atoms with Crippen molar-refractivity contribution < 1.29 is 13.3 Å². The van der Waals surface area contributed by atoms with Gasteiger partial charge in [-0.2, -0.15) is 0 Å². The molecule has 0 spiro atoms. The van der Waals surface area contributed by atoms with Gasteiger partial charge in [-0.05, 0) is 11.3 Å². The number of hydrogen-bond acceptors (Lipinski definition) is 6. The minimum absolute atomic E-state index is 0.175. The lowest BCUT2D eigenvalue weighted by molar-refractivity contribution is -0.388. The molecule has 90 valence electrons. The van der Waals surface area contributed by atoms with Gasteiger partial charge in [-0.15, -0.1) is 5.10 Å². The molecule has 1 aromatic rings. The van der Waals surface area contributed by atoms with Gasteiger partial charge < -0.3 is 15.4 Å². The van der Waals surface area contributed by atoms with Crippen LogP contribution in [0.3, 0.4) is 0 Å². The molecule has 0 fully saturated rings. The van der Waals surface area contributed by atoms with Gasteiger partial charge in [-0.25, -0.2) is 13.6 Å². The molecular formula is C6H11N5O4S. The maximum absolute atomic E-state index is 10.6. The second-order valence-electron chi connectivity index (χ2n) is 3.04. The van der Waals surface area contributed by atoms with E-state index in [-0.39, 0.29) is 30.2 Å². The Kier molecular flexibility index (Phi) is 3.79. The lowest BCUT2D eigenvalue weighted by Gasteiger charge is -2.02. The van der Waals surface area contributed by atoms with Crippen molar-refractivity contribution in [3.05, 3.63) is 16.3 Å². The Labute approximate surface area is 91.2 Å². The van der Waals surface area contributed by atoms with Crippen LogP contribution in [0.1, 0.15) is 6.42 Å². The number of nitrogens with zero attached hydrogens (tertiary/aromatic N) is 2. The predicted octanol–water partition coefficient (Wildman–Crippen LogP) is -0.592. The van der Waals surface area contributed by atoms with E-state index in [0.29, 0.717) is 0 Å². The number of H-pyrrole nitrogens is 1. The molecule has 0 saturated carbocycles. The van der Waals surface area contributed by atoms with Gasteiger partial charge in [0, 0.05) is 6.54 Å². The zero-order valence-corrected chi connectivity index (χ0v) is 9.03. The van der Waals surface area contributed by atoms with Gasteiger partial charge in [-0.3, -0.25) is 0 Å². The van der Waals surface area contributed by atoms with E-state index in [1.165, 1.54) is 6.20 Å². The van der Waals surface area contributed by atoms with Crippen LogP contribution in [-0.4, -0.2) is 35.8 Å². The summed E-state index contributed by atoms with van der Waals surface area (Å²) in [5, 5.41) is 23.6. The zero-order valence-electron chi connectivity index (χ0n) is 8.21. The number of nitrogens with one attached hydrogen (secondary N) is 2. The third kappa shape index (κ3) is 3.82. The fraction of sp³-hybridized carbons (Fsp3) is 0.500. The molecule has 0 unspecified atom stereocenters. The van der Waals surface area contributed by atoms with Gasteiger partial charge in [0.25, 0.3) is 0 Å². The zero-order chi connectivity index (χ0) is 12.2. The molecule has 0 atom stereocenters. The normalized spacial score (nSPS) is 11.3. The molecule has 10 heteroatoms. The van der Waals surface area contributed by atoms with E-state index in [9.17, 15) is 18.5 Å². The average molecular weight is 249 g/mol. The Morgan fingerprint density at radius 1 is 1.62 bits per heavy atom. The summed E-state index contributed by atoms with van der Waals surface area (Å²) >= 11 is 0. The summed E-state index contributed by atoms with van der Waals surface area (Å²) in [4.78, 5) is 9.84. The van der Waals surface area contributed by atoms with Gasteiger partial charge >= 0.3 is 5.82 Å². The summed E-state index contributed by atoms with van der Waals surface area (Å²) < 4.78 is 21.2. The SMILES string of the molecule is NS(=O)(=O)CCCNc1cn[nH]c1[N+](=O)[O-]. The van der Waals surface area contributed by atoms with Crippen LogP contribution in [0, 0.1) is 10.1 Å². The number of anilines is 1. The summed E-state index contributed by atoms with van der Waals surface area (Å²) in [6.07, 6.45) is 1.52. The van der Waals surface area contributed by atoms with Gasteiger partial charge in [-0.1, -0.05) is 5.10 Å². The molecule has 9 nitrogen and oxygen atoms in total. The number of aromatic nitrogens is 2. The van der Waals surface area contributed by atoms with Crippen LogP contribution in [0.15, 0.2) is 6.20 Å². The minimum atomic E-state index is -3.49.